The zero-order chi connectivity index (χ0) is 16.0. The van der Waals surface area contributed by atoms with Gasteiger partial charge in [-0.15, -0.1) is 0 Å². The van der Waals surface area contributed by atoms with Crippen LogP contribution in [0.4, 0.5) is 5.82 Å². The molecule has 0 amide bonds. The standard InChI is InChI=1S/C16H29N3OS/c1-7-19(8-2)15-10-9-14(12-18-15)13(3)11-16(4,5)21(20)17-6/h9-10,12-13,17H,7-8,11H2,1-6H3/t13-,21?/m0/s1. The highest BCUT2D eigenvalue weighted by molar-refractivity contribution is 7.84. The fourth-order valence-corrected chi connectivity index (χ4v) is 3.58. The van der Waals surface area contributed by atoms with E-state index in [1.807, 2.05) is 20.0 Å². The first-order valence-electron chi connectivity index (χ1n) is 7.65. The van der Waals surface area contributed by atoms with Crippen molar-refractivity contribution >= 4 is 16.8 Å². The van der Waals surface area contributed by atoms with Crippen LogP contribution < -0.4 is 9.62 Å². The van der Waals surface area contributed by atoms with Crippen molar-refractivity contribution < 1.29 is 4.21 Å². The Kier molecular flexibility index (Phi) is 6.81. The predicted octanol–water partition coefficient (Wildman–Crippen LogP) is 3.08. The van der Waals surface area contributed by atoms with Gasteiger partial charge in [0, 0.05) is 19.3 Å². The molecule has 5 heteroatoms. The molecule has 1 N–H and O–H groups in total. The predicted molar refractivity (Wildman–Crippen MR) is 92.1 cm³/mol. The lowest BCUT2D eigenvalue weighted by Gasteiger charge is -2.27. The van der Waals surface area contributed by atoms with E-state index >= 15 is 0 Å². The van der Waals surface area contributed by atoms with Crippen molar-refractivity contribution in [2.45, 2.75) is 51.7 Å². The molecular formula is C16H29N3OS. The van der Waals surface area contributed by atoms with E-state index in [9.17, 15) is 4.21 Å². The quantitative estimate of drug-likeness (QED) is 0.802. The van der Waals surface area contributed by atoms with Crippen molar-refractivity contribution in [3.05, 3.63) is 23.9 Å². The lowest BCUT2D eigenvalue weighted by Crippen LogP contribution is -2.35. The molecule has 0 fully saturated rings. The van der Waals surface area contributed by atoms with Gasteiger partial charge in [-0.2, -0.15) is 0 Å². The van der Waals surface area contributed by atoms with Crippen LogP contribution in [0, 0.1) is 0 Å². The molecule has 1 aromatic rings. The summed E-state index contributed by atoms with van der Waals surface area (Å²) in [6.07, 6.45) is 2.81. The molecule has 0 spiro atoms. The maximum Gasteiger partial charge on any atom is 0.128 e. The van der Waals surface area contributed by atoms with Crippen molar-refractivity contribution in [2.75, 3.05) is 25.0 Å². The summed E-state index contributed by atoms with van der Waals surface area (Å²) in [5.41, 5.74) is 1.20. The van der Waals surface area contributed by atoms with Gasteiger partial charge in [0.15, 0.2) is 0 Å². The van der Waals surface area contributed by atoms with Gasteiger partial charge in [-0.1, -0.05) is 13.0 Å². The van der Waals surface area contributed by atoms with E-state index in [2.05, 4.69) is 47.5 Å². The van der Waals surface area contributed by atoms with E-state index in [-0.39, 0.29) is 4.75 Å². The fourth-order valence-electron chi connectivity index (χ4n) is 2.63. The molecule has 1 heterocycles. The van der Waals surface area contributed by atoms with Gasteiger partial charge in [0.2, 0.25) is 0 Å². The van der Waals surface area contributed by atoms with Crippen molar-refractivity contribution in [1.82, 2.24) is 9.71 Å². The molecular weight excluding hydrogens is 282 g/mol. The zero-order valence-electron chi connectivity index (χ0n) is 14.1. The van der Waals surface area contributed by atoms with E-state index in [0.717, 1.165) is 25.3 Å². The monoisotopic (exact) mass is 311 g/mol. The van der Waals surface area contributed by atoms with Gasteiger partial charge in [0.1, 0.15) is 5.82 Å². The van der Waals surface area contributed by atoms with Gasteiger partial charge >= 0.3 is 0 Å². The Balaban J connectivity index is 2.80. The number of hydrogen-bond donors (Lipinski definition) is 1. The Hall–Kier alpha value is -0.940. The van der Waals surface area contributed by atoms with Crippen LogP contribution >= 0.6 is 0 Å². The number of hydrogen-bond acceptors (Lipinski definition) is 3. The van der Waals surface area contributed by atoms with Crippen LogP contribution in [0.2, 0.25) is 0 Å². The van der Waals surface area contributed by atoms with Gasteiger partial charge < -0.3 is 4.90 Å². The van der Waals surface area contributed by atoms with E-state index in [4.69, 9.17) is 0 Å². The number of nitrogens with zero attached hydrogens (tertiary/aromatic N) is 2. The smallest absolute Gasteiger partial charge is 0.128 e. The minimum atomic E-state index is -1.02. The number of nitrogens with one attached hydrogen (secondary N) is 1. The molecule has 120 valence electrons. The SMILES string of the molecule is CCN(CC)c1ccc([C@@H](C)CC(C)(C)S(=O)NC)cn1. The van der Waals surface area contributed by atoms with Gasteiger partial charge in [0.25, 0.3) is 0 Å². The maximum absolute atomic E-state index is 12.0. The van der Waals surface area contributed by atoms with Crippen LogP contribution in [-0.2, 0) is 11.0 Å². The Morgan fingerprint density at radius 1 is 1.33 bits per heavy atom. The first-order valence-corrected chi connectivity index (χ1v) is 8.80. The van der Waals surface area contributed by atoms with E-state index in [0.29, 0.717) is 5.92 Å². The summed E-state index contributed by atoms with van der Waals surface area (Å²) in [5.74, 6) is 1.35. The molecule has 0 aliphatic heterocycles. The van der Waals surface area contributed by atoms with Crippen LogP contribution in [-0.4, -0.2) is 34.1 Å². The summed E-state index contributed by atoms with van der Waals surface area (Å²) in [5, 5.41) is 0. The normalized spacial score (nSPS) is 14.8. The molecule has 0 aliphatic rings. The largest absolute Gasteiger partial charge is 0.357 e. The fraction of sp³-hybridized carbons (Fsp3) is 0.688. The number of aromatic nitrogens is 1. The van der Waals surface area contributed by atoms with Gasteiger partial charge in [-0.3, -0.25) is 0 Å². The molecule has 0 saturated carbocycles. The molecule has 21 heavy (non-hydrogen) atoms. The van der Waals surface area contributed by atoms with Crippen LogP contribution in [0.3, 0.4) is 0 Å². The molecule has 0 aliphatic carbocycles. The van der Waals surface area contributed by atoms with E-state index < -0.39 is 11.0 Å². The Bertz CT molecular complexity index is 455. The van der Waals surface area contributed by atoms with Crippen molar-refractivity contribution in [3.63, 3.8) is 0 Å². The lowest BCUT2D eigenvalue weighted by molar-refractivity contribution is 0.536. The third-order valence-electron chi connectivity index (χ3n) is 3.91. The third-order valence-corrected chi connectivity index (χ3v) is 5.45. The van der Waals surface area contributed by atoms with Crippen LogP contribution in [0.5, 0.6) is 0 Å². The third kappa shape index (κ3) is 4.78. The van der Waals surface area contributed by atoms with Gasteiger partial charge in [0.05, 0.1) is 15.7 Å². The molecule has 1 aromatic heterocycles. The number of rotatable bonds is 8. The molecule has 1 rings (SSSR count). The summed E-state index contributed by atoms with van der Waals surface area (Å²) in [6, 6.07) is 4.23. The Labute approximate surface area is 131 Å². The second-order valence-electron chi connectivity index (χ2n) is 5.96. The average Bonchev–Trinajstić information content (AvgIpc) is 2.47. The van der Waals surface area contributed by atoms with Crippen molar-refractivity contribution in [3.8, 4) is 0 Å². The first kappa shape index (κ1) is 18.1. The zero-order valence-corrected chi connectivity index (χ0v) is 15.0. The van der Waals surface area contributed by atoms with Crippen LogP contribution in [0.25, 0.3) is 0 Å². The Morgan fingerprint density at radius 3 is 2.38 bits per heavy atom. The summed E-state index contributed by atoms with van der Waals surface area (Å²) < 4.78 is 14.6. The molecule has 0 saturated heterocycles. The molecule has 2 atom stereocenters. The minimum absolute atomic E-state index is 0.258. The van der Waals surface area contributed by atoms with Crippen LogP contribution in [0.1, 0.15) is 52.5 Å². The highest BCUT2D eigenvalue weighted by atomic mass is 32.2. The van der Waals surface area contributed by atoms with Gasteiger partial charge in [-0.05, 0) is 58.7 Å². The average molecular weight is 311 g/mol. The number of pyridine rings is 1. The molecule has 4 nitrogen and oxygen atoms in total. The molecule has 1 unspecified atom stereocenters. The van der Waals surface area contributed by atoms with E-state index in [1.54, 1.807) is 7.05 Å². The summed E-state index contributed by atoms with van der Waals surface area (Å²) in [6.45, 7) is 12.4. The molecule has 0 aromatic carbocycles. The second kappa shape index (κ2) is 7.90. The topological polar surface area (TPSA) is 45.2 Å². The molecule has 0 radical (unpaired) electrons. The summed E-state index contributed by atoms with van der Waals surface area (Å²) >= 11 is 0. The van der Waals surface area contributed by atoms with Crippen LogP contribution in [0.15, 0.2) is 18.3 Å². The minimum Gasteiger partial charge on any atom is -0.357 e. The lowest BCUT2D eigenvalue weighted by atomic mass is 9.92. The second-order valence-corrected chi connectivity index (χ2v) is 8.01. The maximum atomic E-state index is 12.0. The van der Waals surface area contributed by atoms with E-state index in [1.165, 1.54) is 5.56 Å². The van der Waals surface area contributed by atoms with Crippen molar-refractivity contribution in [1.29, 1.82) is 0 Å². The first-order chi connectivity index (χ1) is 9.85. The summed E-state index contributed by atoms with van der Waals surface area (Å²) in [7, 11) is 0.714. The molecule has 0 bridgehead atoms. The number of anilines is 1. The van der Waals surface area contributed by atoms with Gasteiger partial charge in [-0.25, -0.2) is 13.9 Å². The summed E-state index contributed by atoms with van der Waals surface area (Å²) in [4.78, 5) is 6.80. The Morgan fingerprint density at radius 2 is 1.95 bits per heavy atom. The highest BCUT2D eigenvalue weighted by Gasteiger charge is 2.28. The highest BCUT2D eigenvalue weighted by Crippen LogP contribution is 2.29. The van der Waals surface area contributed by atoms with Crippen molar-refractivity contribution in [2.24, 2.45) is 0 Å².